The van der Waals surface area contributed by atoms with E-state index in [4.69, 9.17) is 0 Å². The molecule has 5 rings (SSSR count). The van der Waals surface area contributed by atoms with Crippen molar-refractivity contribution in [1.82, 2.24) is 9.80 Å². The number of likely N-dealkylation sites (N-methyl/N-ethyl adjacent to an activating group) is 8. The predicted molar refractivity (Wildman–Crippen MR) is 222 cm³/mol. The van der Waals surface area contributed by atoms with Gasteiger partial charge >= 0.3 is 0 Å². The van der Waals surface area contributed by atoms with Crippen molar-refractivity contribution in [2.75, 3.05) is 149 Å². The minimum atomic E-state index is 0. The first-order valence-electron chi connectivity index (χ1n) is 14.4. The average molecular weight is 1730 g/mol. The Balaban J connectivity index is -0.0000000131. The van der Waals surface area contributed by atoms with E-state index in [0.29, 0.717) is 12.1 Å². The van der Waals surface area contributed by atoms with E-state index in [2.05, 4.69) is 64.6 Å². The van der Waals surface area contributed by atoms with Gasteiger partial charge in [0, 0.05) is 419 Å². The number of hydrogen-bond acceptors (Lipinski definition) is 2. The van der Waals surface area contributed by atoms with E-state index in [-0.39, 0.29) is 459 Å². The Hall–Kier alpha value is 12.9. The van der Waals surface area contributed by atoms with Crippen LogP contribution in [0.2, 0.25) is 0 Å². The molecule has 58 heavy (non-hydrogen) atoms. The molecule has 5 aliphatic rings. The van der Waals surface area contributed by atoms with Gasteiger partial charge in [-0.25, -0.2) is 0 Å². The third-order valence-electron chi connectivity index (χ3n) is 8.17. The van der Waals surface area contributed by atoms with Gasteiger partial charge in [-0.2, -0.15) is 67.5 Å². The maximum Gasteiger partial charge on any atom is 0.129 e. The van der Waals surface area contributed by atoms with Crippen LogP contribution in [-0.2, 0) is 393 Å². The van der Waals surface area contributed by atoms with Crippen molar-refractivity contribution in [3.8, 4) is 0 Å². The van der Waals surface area contributed by atoms with Gasteiger partial charge in [0.25, 0.3) is 0 Å². The maximum absolute atomic E-state index is 4.31. The molecular weight excluding hydrogens is 1640 g/mol. The van der Waals surface area contributed by atoms with Gasteiger partial charge in [0.2, 0.25) is 0 Å². The van der Waals surface area contributed by atoms with Crippen LogP contribution in [0.25, 0.3) is 26.6 Å². The Morgan fingerprint density at radius 3 is 0.707 bits per heavy atom. The minimum Gasteiger partial charge on any atom is -0.668 e. The third kappa shape index (κ3) is 82.9. The molecule has 4 heterocycles. The summed E-state index contributed by atoms with van der Waals surface area (Å²) in [4.78, 5) is 4.72. The molecule has 0 aromatic carbocycles. The van der Waals surface area contributed by atoms with Crippen molar-refractivity contribution in [3.63, 3.8) is 0 Å². The summed E-state index contributed by atoms with van der Waals surface area (Å²) in [5.41, 5.74) is 0. The molecule has 0 spiro atoms. The van der Waals surface area contributed by atoms with E-state index in [9.17, 15) is 0 Å². The fraction of sp³-hybridized carbons (Fsp3) is 0.757. The van der Waals surface area contributed by atoms with Gasteiger partial charge in [-0.1, -0.05) is 25.7 Å². The van der Waals surface area contributed by atoms with E-state index in [1.54, 1.807) is 28.2 Å². The van der Waals surface area contributed by atoms with E-state index in [0.717, 1.165) is 13.1 Å². The largest absolute Gasteiger partial charge is 0.668 e. The molecule has 0 unspecified atom stereocenters. The predicted octanol–water partition coefficient (Wildman–Crippen LogP) is 7.71. The zero-order valence-electron chi connectivity index (χ0n) is 42.4. The molecule has 0 amide bonds. The molecule has 21 heteroatoms. The number of rotatable bonds is 5. The standard InChI is InChI=1S/C8H18N2.C8H16N2.C6H14N2.C4H10N2.C2H6N.9CH3.12Y/c1-9-3-6-10(2,7-4-9)8-5-9;1-9-7-5-3-4-6-8(7)10-2;1-7-3-5-8(2)6-4-7;1-5-3-4-6-2;1-3-2;;;;;;;;;;;;;;;;;;;;;/h3-8H2,1-2H3;7-8H,3-6H2,1-2H3;3-6H2,1-2H3;3-4H2,1-2H3;1-2H3;9*1H3;;;;;;;;;;;;/q+2;-2;;-2;10*-1;;;;;;;;;;;;/t;7-,8-;;;;;;;;;;;;;;;;;;;;;;;;/m.0......................../s1. The minimum absolute atomic E-state index is 0. The van der Waals surface area contributed by atoms with Crippen molar-refractivity contribution in [2.24, 2.45) is 0 Å². The molecule has 1 saturated carbocycles. The van der Waals surface area contributed by atoms with Gasteiger partial charge in [0.1, 0.15) is 39.3 Å². The Labute approximate surface area is 675 Å². The first-order valence-corrected chi connectivity index (χ1v) is 14.4. The van der Waals surface area contributed by atoms with Crippen LogP contribution in [0, 0.1) is 66.8 Å². The summed E-state index contributed by atoms with van der Waals surface area (Å²) in [6.07, 6.45) is 5.18. The van der Waals surface area contributed by atoms with Crippen molar-refractivity contribution in [2.45, 2.75) is 37.8 Å². The summed E-state index contributed by atoms with van der Waals surface area (Å²) in [6, 6.07) is 1.05. The van der Waals surface area contributed by atoms with Crippen LogP contribution in [0.15, 0.2) is 0 Å². The van der Waals surface area contributed by atoms with Crippen molar-refractivity contribution in [3.05, 3.63) is 93.4 Å². The molecule has 1 aliphatic carbocycles. The van der Waals surface area contributed by atoms with Crippen LogP contribution < -0.4 is 0 Å². The van der Waals surface area contributed by atoms with Crippen LogP contribution in [0.1, 0.15) is 25.7 Å². The molecule has 12 radical (unpaired) electrons. The number of fused-ring (bicyclic) bond motifs is 3. The van der Waals surface area contributed by atoms with Crippen molar-refractivity contribution in [1.29, 1.82) is 0 Å². The molecule has 9 nitrogen and oxygen atoms in total. The van der Waals surface area contributed by atoms with Crippen molar-refractivity contribution < 1.29 is 401 Å². The summed E-state index contributed by atoms with van der Waals surface area (Å²) in [7, 11) is 20.1. The number of hydrogen-bond donors (Lipinski definition) is 0. The molecule has 2 bridgehead atoms. The zero-order chi connectivity index (χ0) is 28.2. The number of piperazine rings is 4. The molecule has 2 atom stereocenters. The second-order valence-corrected chi connectivity index (χ2v) is 11.6. The number of quaternary nitrogens is 2. The van der Waals surface area contributed by atoms with Gasteiger partial charge in [-0.15, -0.1) is 0 Å². The Morgan fingerprint density at radius 1 is 0.397 bits per heavy atom. The fourth-order valence-electron chi connectivity index (χ4n) is 4.92. The molecule has 4 saturated heterocycles. The van der Waals surface area contributed by atoms with Crippen molar-refractivity contribution >= 4 is 0 Å². The van der Waals surface area contributed by atoms with Crippen LogP contribution in [-0.4, -0.2) is 180 Å². The van der Waals surface area contributed by atoms with E-state index >= 15 is 0 Å². The second kappa shape index (κ2) is 99.0. The molecule has 4 aliphatic heterocycles. The van der Waals surface area contributed by atoms with Gasteiger partial charge in [0.05, 0.1) is 14.1 Å². The molecule has 0 N–H and O–H groups in total. The summed E-state index contributed by atoms with van der Waals surface area (Å²) >= 11 is 0. The SMILES string of the molecule is CN1CCN(C)CC1.C[N+]12CC[N+](C)(CC1)CC2.C[N-]C.C[N-]CC[N-]C.C[N-][C@H]1CCCC[C@@H]1[N-]C.[CH3-].[CH3-].[CH3-].[CH3-].[CH3-].[CH3-].[CH3-].[CH3-].[CH3-].[Y].[Y].[Y].[Y].[Y].[Y].[Y].[Y].[Y].[Y].[Y].[Y]. The molecule has 0 aromatic heterocycles. The molecule has 5 fully saturated rings. The summed E-state index contributed by atoms with van der Waals surface area (Å²) in [6.45, 7) is 15.2. The quantitative estimate of drug-likeness (QED) is 0.161. The van der Waals surface area contributed by atoms with E-state index in [1.165, 1.54) is 100 Å². The first-order chi connectivity index (χ1) is 17.6. The summed E-state index contributed by atoms with van der Waals surface area (Å²) < 4.78 is 2.71. The topological polar surface area (TPSA) is 77.0 Å². The van der Waals surface area contributed by atoms with Crippen LogP contribution in [0.3, 0.4) is 0 Å². The fourth-order valence-corrected chi connectivity index (χ4v) is 4.92. The smallest absolute Gasteiger partial charge is 0.129 e. The van der Waals surface area contributed by atoms with E-state index < -0.39 is 0 Å². The third-order valence-corrected chi connectivity index (χ3v) is 8.17. The second-order valence-electron chi connectivity index (χ2n) is 11.6. The molecule has 0 aromatic rings. The van der Waals surface area contributed by atoms with Gasteiger partial charge in [-0.05, 0) is 14.1 Å². The van der Waals surface area contributed by atoms with Crippen LogP contribution in [0.5, 0.6) is 0 Å². The van der Waals surface area contributed by atoms with Crippen LogP contribution in [0.4, 0.5) is 0 Å². The molecule has 332 valence electrons. The van der Waals surface area contributed by atoms with E-state index in [1.807, 2.05) is 14.1 Å². The Kier molecular flexibility index (Phi) is 247. The van der Waals surface area contributed by atoms with Gasteiger partial charge in [0.15, 0.2) is 0 Å². The first kappa shape index (κ1) is 145. The normalized spacial score (nSPS) is 20.0. The molecular formula is C37H91N9Y12-12. The Morgan fingerprint density at radius 2 is 0.569 bits per heavy atom. The summed E-state index contributed by atoms with van der Waals surface area (Å²) in [5.74, 6) is 0. The maximum atomic E-state index is 4.31. The van der Waals surface area contributed by atoms with Crippen LogP contribution >= 0.6 is 0 Å². The summed E-state index contributed by atoms with van der Waals surface area (Å²) in [5, 5.41) is 19.8. The number of nitrogens with zero attached hydrogens (tertiary/aromatic N) is 9. The van der Waals surface area contributed by atoms with Gasteiger partial charge < -0.3 is 112 Å². The Bertz CT molecular complexity index is 489. The monoisotopic (exact) mass is 1730 g/mol. The van der Waals surface area contributed by atoms with Gasteiger partial charge in [-0.3, -0.25) is 0 Å². The average Bonchev–Trinajstić information content (AvgIpc) is 2.91. The zero-order valence-corrected chi connectivity index (χ0v) is 76.5.